The maximum Gasteiger partial charge on any atom is 0.251 e. The molecule has 1 saturated heterocycles. The summed E-state index contributed by atoms with van der Waals surface area (Å²) in [5, 5.41) is 3.06. The van der Waals surface area contributed by atoms with E-state index >= 15 is 0 Å². The standard InChI is InChI=1S/C19H28N2O3S/c22-19(20-17-10-4-3-5-11-17)16-9-8-12-18(15-16)25(23,24)21-13-6-1-2-7-14-21/h8-9,12,15,17H,1-7,10-11,13-14H2,(H,20,22). The molecule has 0 bridgehead atoms. The first-order valence-corrected chi connectivity index (χ1v) is 10.9. The second kappa shape index (κ2) is 8.32. The minimum atomic E-state index is -3.52. The summed E-state index contributed by atoms with van der Waals surface area (Å²) in [6, 6.07) is 6.70. The molecule has 2 aliphatic rings. The van der Waals surface area contributed by atoms with Crippen molar-refractivity contribution >= 4 is 15.9 Å². The summed E-state index contributed by atoms with van der Waals surface area (Å²) in [6.07, 6.45) is 9.52. The maximum absolute atomic E-state index is 12.9. The van der Waals surface area contributed by atoms with Crippen molar-refractivity contribution in [2.75, 3.05) is 13.1 Å². The Kier molecular flexibility index (Phi) is 6.12. The van der Waals surface area contributed by atoms with Gasteiger partial charge in [-0.15, -0.1) is 0 Å². The van der Waals surface area contributed by atoms with E-state index in [2.05, 4.69) is 5.32 Å². The van der Waals surface area contributed by atoms with Crippen molar-refractivity contribution in [3.8, 4) is 0 Å². The van der Waals surface area contributed by atoms with E-state index in [1.54, 1.807) is 22.5 Å². The van der Waals surface area contributed by atoms with Crippen LogP contribution in [0.3, 0.4) is 0 Å². The van der Waals surface area contributed by atoms with Crippen molar-refractivity contribution in [3.63, 3.8) is 0 Å². The highest BCUT2D eigenvalue weighted by atomic mass is 32.2. The van der Waals surface area contributed by atoms with Crippen molar-refractivity contribution in [3.05, 3.63) is 29.8 Å². The molecule has 0 unspecified atom stereocenters. The fourth-order valence-corrected chi connectivity index (χ4v) is 5.31. The van der Waals surface area contributed by atoms with Crippen molar-refractivity contribution < 1.29 is 13.2 Å². The average Bonchev–Trinajstić information content (AvgIpc) is 2.93. The molecule has 0 atom stereocenters. The smallest absolute Gasteiger partial charge is 0.251 e. The highest BCUT2D eigenvalue weighted by Crippen LogP contribution is 2.22. The fourth-order valence-electron chi connectivity index (χ4n) is 3.74. The quantitative estimate of drug-likeness (QED) is 0.891. The van der Waals surface area contributed by atoms with Gasteiger partial charge in [0.2, 0.25) is 10.0 Å². The summed E-state index contributed by atoms with van der Waals surface area (Å²) in [4.78, 5) is 12.7. The van der Waals surface area contributed by atoms with Crippen molar-refractivity contribution in [2.24, 2.45) is 0 Å². The normalized spacial score (nSPS) is 20.8. The Morgan fingerprint density at radius 2 is 1.60 bits per heavy atom. The minimum absolute atomic E-state index is 0.167. The summed E-state index contributed by atoms with van der Waals surface area (Å²) < 4.78 is 27.4. The van der Waals surface area contributed by atoms with E-state index in [-0.39, 0.29) is 16.8 Å². The topological polar surface area (TPSA) is 66.5 Å². The van der Waals surface area contributed by atoms with Crippen LogP contribution in [0.5, 0.6) is 0 Å². The van der Waals surface area contributed by atoms with Crippen LogP contribution in [0, 0.1) is 0 Å². The number of amides is 1. The SMILES string of the molecule is O=C(NC1CCCCC1)c1cccc(S(=O)(=O)N2CCCCCC2)c1. The van der Waals surface area contributed by atoms with Gasteiger partial charge in [0.15, 0.2) is 0 Å². The monoisotopic (exact) mass is 364 g/mol. The predicted molar refractivity (Wildman–Crippen MR) is 98.0 cm³/mol. The molecule has 5 nitrogen and oxygen atoms in total. The third-order valence-electron chi connectivity index (χ3n) is 5.24. The van der Waals surface area contributed by atoms with Crippen LogP contribution >= 0.6 is 0 Å². The molecule has 0 spiro atoms. The lowest BCUT2D eigenvalue weighted by Gasteiger charge is -2.23. The Morgan fingerprint density at radius 3 is 2.28 bits per heavy atom. The summed E-state index contributed by atoms with van der Waals surface area (Å²) in [6.45, 7) is 1.14. The number of carbonyl (C=O) groups is 1. The molecule has 1 heterocycles. The largest absolute Gasteiger partial charge is 0.349 e. The number of rotatable bonds is 4. The third-order valence-corrected chi connectivity index (χ3v) is 7.13. The predicted octanol–water partition coefficient (Wildman–Crippen LogP) is 3.31. The van der Waals surface area contributed by atoms with Crippen LogP contribution in [-0.4, -0.2) is 37.8 Å². The first kappa shape index (κ1) is 18.4. The minimum Gasteiger partial charge on any atom is -0.349 e. The zero-order chi connectivity index (χ0) is 17.7. The number of hydrogen-bond donors (Lipinski definition) is 1. The molecule has 25 heavy (non-hydrogen) atoms. The van der Waals surface area contributed by atoms with E-state index in [0.29, 0.717) is 18.7 Å². The molecular formula is C19H28N2O3S. The molecule has 1 saturated carbocycles. The molecule has 1 N–H and O–H groups in total. The summed E-state index contributed by atoms with van der Waals surface area (Å²) in [5.41, 5.74) is 0.432. The molecule has 1 aromatic rings. The van der Waals surface area contributed by atoms with Crippen LogP contribution in [0.2, 0.25) is 0 Å². The van der Waals surface area contributed by atoms with Gasteiger partial charge in [-0.2, -0.15) is 4.31 Å². The molecule has 3 rings (SSSR count). The Labute approximate surface area is 150 Å². The van der Waals surface area contributed by atoms with Gasteiger partial charge < -0.3 is 5.32 Å². The van der Waals surface area contributed by atoms with Crippen LogP contribution in [0.15, 0.2) is 29.2 Å². The lowest BCUT2D eigenvalue weighted by molar-refractivity contribution is 0.0927. The van der Waals surface area contributed by atoms with Crippen molar-refractivity contribution in [1.82, 2.24) is 9.62 Å². The van der Waals surface area contributed by atoms with Gasteiger partial charge in [0.05, 0.1) is 4.90 Å². The number of carbonyl (C=O) groups excluding carboxylic acids is 1. The van der Waals surface area contributed by atoms with E-state index in [1.807, 2.05) is 0 Å². The zero-order valence-electron chi connectivity index (χ0n) is 14.7. The van der Waals surface area contributed by atoms with E-state index in [4.69, 9.17) is 0 Å². The van der Waals surface area contributed by atoms with Gasteiger partial charge in [-0.1, -0.05) is 38.2 Å². The van der Waals surface area contributed by atoms with Gasteiger partial charge in [-0.05, 0) is 43.9 Å². The molecule has 2 fully saturated rings. The van der Waals surface area contributed by atoms with E-state index in [9.17, 15) is 13.2 Å². The fraction of sp³-hybridized carbons (Fsp3) is 0.632. The first-order chi connectivity index (χ1) is 12.1. The van der Waals surface area contributed by atoms with Crippen molar-refractivity contribution in [2.45, 2.75) is 68.7 Å². The number of sulfonamides is 1. The lowest BCUT2D eigenvalue weighted by atomic mass is 9.95. The van der Waals surface area contributed by atoms with Gasteiger partial charge in [0.1, 0.15) is 0 Å². The first-order valence-electron chi connectivity index (χ1n) is 9.48. The van der Waals surface area contributed by atoms with E-state index < -0.39 is 10.0 Å². The second-order valence-electron chi connectivity index (χ2n) is 7.15. The number of benzene rings is 1. The van der Waals surface area contributed by atoms with E-state index in [0.717, 1.165) is 51.4 Å². The molecule has 138 valence electrons. The highest BCUT2D eigenvalue weighted by Gasteiger charge is 2.26. The van der Waals surface area contributed by atoms with Crippen molar-refractivity contribution in [1.29, 1.82) is 0 Å². The summed E-state index contributed by atoms with van der Waals surface area (Å²) >= 11 is 0. The van der Waals surface area contributed by atoms with Crippen LogP contribution in [-0.2, 0) is 10.0 Å². The molecular weight excluding hydrogens is 336 g/mol. The Morgan fingerprint density at radius 1 is 0.960 bits per heavy atom. The van der Waals surface area contributed by atoms with Crippen LogP contribution in [0.25, 0.3) is 0 Å². The molecule has 1 aromatic carbocycles. The van der Waals surface area contributed by atoms with Crippen LogP contribution in [0.4, 0.5) is 0 Å². The Hall–Kier alpha value is -1.40. The molecule has 1 aliphatic heterocycles. The number of hydrogen-bond acceptors (Lipinski definition) is 3. The average molecular weight is 365 g/mol. The molecule has 0 aromatic heterocycles. The Bertz CT molecular complexity index is 688. The van der Waals surface area contributed by atoms with E-state index in [1.165, 1.54) is 12.5 Å². The Balaban J connectivity index is 1.74. The van der Waals surface area contributed by atoms with Crippen LogP contribution < -0.4 is 5.32 Å². The van der Waals surface area contributed by atoms with Crippen LogP contribution in [0.1, 0.15) is 68.1 Å². The number of nitrogens with one attached hydrogen (secondary N) is 1. The summed E-state index contributed by atoms with van der Waals surface area (Å²) in [5.74, 6) is -0.167. The lowest BCUT2D eigenvalue weighted by Crippen LogP contribution is -2.36. The van der Waals surface area contributed by atoms with Gasteiger partial charge in [-0.25, -0.2) is 8.42 Å². The number of nitrogens with zero attached hydrogens (tertiary/aromatic N) is 1. The van der Waals surface area contributed by atoms with Gasteiger partial charge >= 0.3 is 0 Å². The van der Waals surface area contributed by atoms with Gasteiger partial charge in [0.25, 0.3) is 5.91 Å². The second-order valence-corrected chi connectivity index (χ2v) is 9.09. The molecule has 6 heteroatoms. The molecule has 1 amide bonds. The third kappa shape index (κ3) is 4.61. The van der Waals surface area contributed by atoms with Gasteiger partial charge in [0, 0.05) is 24.7 Å². The molecule has 1 aliphatic carbocycles. The maximum atomic E-state index is 12.9. The zero-order valence-corrected chi connectivity index (χ0v) is 15.6. The highest BCUT2D eigenvalue weighted by molar-refractivity contribution is 7.89. The molecule has 0 radical (unpaired) electrons. The summed E-state index contributed by atoms with van der Waals surface area (Å²) in [7, 11) is -3.52. The van der Waals surface area contributed by atoms with Gasteiger partial charge in [-0.3, -0.25) is 4.79 Å².